The first-order chi connectivity index (χ1) is 5.27. The van der Waals surface area contributed by atoms with E-state index in [1.165, 1.54) is 12.8 Å². The third kappa shape index (κ3) is 1.27. The monoisotopic (exact) mass is 172 g/mol. The number of hydrogen-bond acceptors (Lipinski definition) is 1. The molecule has 3 rings (SSSR count). The molecule has 0 heterocycles. The molecule has 0 aromatic carbocycles. The van der Waals surface area contributed by atoms with Gasteiger partial charge in [-0.2, -0.15) is 0 Å². The molecule has 11 heavy (non-hydrogen) atoms. The second kappa shape index (κ2) is 2.72. The van der Waals surface area contributed by atoms with Crippen LogP contribution in [0, 0.1) is 11.8 Å². The molecular formula is C8H12O2S. The Balaban J connectivity index is 2.27. The molecule has 2 nitrogen and oxygen atoms in total. The van der Waals surface area contributed by atoms with Crippen molar-refractivity contribution < 1.29 is 8.76 Å². The van der Waals surface area contributed by atoms with Crippen molar-refractivity contribution in [2.75, 3.05) is 0 Å². The molecule has 0 saturated heterocycles. The van der Waals surface area contributed by atoms with Gasteiger partial charge in [-0.05, 0) is 37.5 Å². The maximum atomic E-state index is 10.8. The molecule has 62 valence electrons. The van der Waals surface area contributed by atoms with Crippen molar-refractivity contribution in [3.8, 4) is 0 Å². The molecule has 0 radical (unpaired) electrons. The lowest BCUT2D eigenvalue weighted by Crippen LogP contribution is -2.23. The summed E-state index contributed by atoms with van der Waals surface area (Å²) in [6, 6.07) is 0. The summed E-state index contributed by atoms with van der Waals surface area (Å²) in [6.07, 6.45) is 6.73. The van der Waals surface area contributed by atoms with Crippen molar-refractivity contribution in [3.63, 3.8) is 0 Å². The van der Waals surface area contributed by atoms with Gasteiger partial charge in [-0.1, -0.05) is 6.08 Å². The van der Waals surface area contributed by atoms with Crippen LogP contribution in [0.3, 0.4) is 0 Å². The van der Waals surface area contributed by atoms with Crippen molar-refractivity contribution in [2.45, 2.75) is 25.7 Å². The molecule has 0 spiro atoms. The predicted octanol–water partition coefficient (Wildman–Crippen LogP) is 1.91. The Morgan fingerprint density at radius 2 is 2.00 bits per heavy atom. The Morgan fingerprint density at radius 3 is 2.27 bits per heavy atom. The minimum atomic E-state index is -1.69. The molecule has 3 aliphatic rings. The molecule has 3 heteroatoms. The Labute approximate surface area is 69.0 Å². The van der Waals surface area contributed by atoms with Crippen molar-refractivity contribution in [2.24, 2.45) is 11.8 Å². The SMILES string of the molecule is O=S(O)C1=CC2CCC1CC2. The van der Waals surface area contributed by atoms with E-state index in [1.807, 2.05) is 6.08 Å². The zero-order chi connectivity index (χ0) is 7.84. The Bertz CT molecular complexity index is 214. The fourth-order valence-electron chi connectivity index (χ4n) is 2.14. The van der Waals surface area contributed by atoms with E-state index in [2.05, 4.69) is 0 Å². The van der Waals surface area contributed by atoms with Crippen LogP contribution >= 0.6 is 0 Å². The highest BCUT2D eigenvalue weighted by Crippen LogP contribution is 2.41. The van der Waals surface area contributed by atoms with Crippen molar-refractivity contribution >= 4 is 11.1 Å². The first kappa shape index (κ1) is 7.50. The molecule has 2 bridgehead atoms. The lowest BCUT2D eigenvalue weighted by molar-refractivity contribution is 0.320. The summed E-state index contributed by atoms with van der Waals surface area (Å²) >= 11 is -1.69. The molecule has 1 atom stereocenters. The normalized spacial score (nSPS) is 38.5. The second-order valence-corrected chi connectivity index (χ2v) is 4.40. The van der Waals surface area contributed by atoms with Gasteiger partial charge in [0.25, 0.3) is 0 Å². The van der Waals surface area contributed by atoms with E-state index in [0.29, 0.717) is 11.8 Å². The van der Waals surface area contributed by atoms with Gasteiger partial charge in [-0.25, -0.2) is 4.21 Å². The average Bonchev–Trinajstić information content (AvgIpc) is 2.06. The van der Waals surface area contributed by atoms with E-state index in [1.54, 1.807) is 0 Å². The van der Waals surface area contributed by atoms with Gasteiger partial charge < -0.3 is 4.55 Å². The van der Waals surface area contributed by atoms with Crippen LogP contribution < -0.4 is 0 Å². The second-order valence-electron chi connectivity index (χ2n) is 3.43. The molecular weight excluding hydrogens is 160 g/mol. The zero-order valence-corrected chi connectivity index (χ0v) is 7.14. The van der Waals surface area contributed by atoms with Crippen LogP contribution in [0.15, 0.2) is 11.0 Å². The van der Waals surface area contributed by atoms with E-state index < -0.39 is 11.1 Å². The molecule has 0 amide bonds. The Hall–Kier alpha value is -0.150. The van der Waals surface area contributed by atoms with Gasteiger partial charge in [0.1, 0.15) is 0 Å². The van der Waals surface area contributed by atoms with Crippen LogP contribution in [-0.4, -0.2) is 8.76 Å². The topological polar surface area (TPSA) is 37.3 Å². The summed E-state index contributed by atoms with van der Waals surface area (Å²) in [5, 5.41) is 0. The maximum absolute atomic E-state index is 10.8. The van der Waals surface area contributed by atoms with Gasteiger partial charge in [-0.3, -0.25) is 0 Å². The summed E-state index contributed by atoms with van der Waals surface area (Å²) in [6.45, 7) is 0. The minimum Gasteiger partial charge on any atom is -0.302 e. The summed E-state index contributed by atoms with van der Waals surface area (Å²) in [5.74, 6) is 1.02. The fraction of sp³-hybridized carbons (Fsp3) is 0.750. The molecule has 0 aromatic heterocycles. The van der Waals surface area contributed by atoms with E-state index in [0.717, 1.165) is 17.7 Å². The number of hydrogen-bond donors (Lipinski definition) is 1. The molecule has 0 aromatic rings. The Morgan fingerprint density at radius 1 is 1.36 bits per heavy atom. The summed E-state index contributed by atoms with van der Waals surface area (Å²) < 4.78 is 19.7. The predicted molar refractivity (Wildman–Crippen MR) is 44.3 cm³/mol. The Kier molecular flexibility index (Phi) is 1.85. The lowest BCUT2D eigenvalue weighted by Gasteiger charge is -2.33. The minimum absolute atomic E-state index is 0.422. The van der Waals surface area contributed by atoms with Crippen LogP contribution in [0.4, 0.5) is 0 Å². The van der Waals surface area contributed by atoms with Crippen LogP contribution in [0.1, 0.15) is 25.7 Å². The number of allylic oxidation sites excluding steroid dienone is 2. The van der Waals surface area contributed by atoms with Crippen molar-refractivity contribution in [1.82, 2.24) is 0 Å². The molecule has 0 aliphatic heterocycles. The molecule has 3 aliphatic carbocycles. The fourth-order valence-corrected chi connectivity index (χ4v) is 2.97. The first-order valence-electron chi connectivity index (χ1n) is 4.10. The highest BCUT2D eigenvalue weighted by atomic mass is 32.2. The summed E-state index contributed by atoms with van der Waals surface area (Å²) in [5.41, 5.74) is 0. The highest BCUT2D eigenvalue weighted by Gasteiger charge is 2.31. The standard InChI is InChI=1S/C8H12O2S/c9-11(10)8-5-6-1-3-7(8)4-2-6/h5-7H,1-4H2,(H,9,10). The van der Waals surface area contributed by atoms with Crippen molar-refractivity contribution in [3.05, 3.63) is 11.0 Å². The molecule has 1 N–H and O–H groups in total. The van der Waals surface area contributed by atoms with Crippen LogP contribution in [0.25, 0.3) is 0 Å². The van der Waals surface area contributed by atoms with E-state index >= 15 is 0 Å². The smallest absolute Gasteiger partial charge is 0.182 e. The zero-order valence-electron chi connectivity index (χ0n) is 6.32. The summed E-state index contributed by atoms with van der Waals surface area (Å²) in [4.78, 5) is 0.799. The molecule has 1 fully saturated rings. The number of fused-ring (bicyclic) bond motifs is 2. The van der Waals surface area contributed by atoms with Gasteiger partial charge in [0, 0.05) is 4.91 Å². The van der Waals surface area contributed by atoms with Gasteiger partial charge in [0.2, 0.25) is 0 Å². The van der Waals surface area contributed by atoms with Crippen molar-refractivity contribution in [1.29, 1.82) is 0 Å². The van der Waals surface area contributed by atoms with Crippen LogP contribution in [0.5, 0.6) is 0 Å². The summed E-state index contributed by atoms with van der Waals surface area (Å²) in [7, 11) is 0. The van der Waals surface area contributed by atoms with Crippen LogP contribution in [-0.2, 0) is 11.1 Å². The third-order valence-electron chi connectivity index (χ3n) is 2.78. The highest BCUT2D eigenvalue weighted by molar-refractivity contribution is 7.83. The van der Waals surface area contributed by atoms with E-state index in [-0.39, 0.29) is 0 Å². The van der Waals surface area contributed by atoms with E-state index in [9.17, 15) is 4.21 Å². The molecule has 1 unspecified atom stereocenters. The van der Waals surface area contributed by atoms with Gasteiger partial charge in [-0.15, -0.1) is 0 Å². The van der Waals surface area contributed by atoms with Gasteiger partial charge in [0.05, 0.1) is 0 Å². The number of rotatable bonds is 1. The average molecular weight is 172 g/mol. The largest absolute Gasteiger partial charge is 0.302 e. The third-order valence-corrected chi connectivity index (χ3v) is 3.65. The van der Waals surface area contributed by atoms with Crippen LogP contribution in [0.2, 0.25) is 0 Å². The first-order valence-corrected chi connectivity index (χ1v) is 5.20. The molecule has 1 saturated carbocycles. The maximum Gasteiger partial charge on any atom is 0.182 e. The van der Waals surface area contributed by atoms with Gasteiger partial charge >= 0.3 is 0 Å². The van der Waals surface area contributed by atoms with E-state index in [4.69, 9.17) is 4.55 Å². The van der Waals surface area contributed by atoms with Gasteiger partial charge in [0.15, 0.2) is 11.1 Å². The quantitative estimate of drug-likeness (QED) is 0.613. The lowest BCUT2D eigenvalue weighted by atomic mass is 9.76.